The van der Waals surface area contributed by atoms with Crippen LogP contribution in [0.25, 0.3) is 0 Å². The number of rotatable bonds is 4. The van der Waals surface area contributed by atoms with E-state index in [-0.39, 0.29) is 19.0 Å². The summed E-state index contributed by atoms with van der Waals surface area (Å²) < 4.78 is 4.65. The second-order valence-corrected chi connectivity index (χ2v) is 2.12. The third-order valence-electron chi connectivity index (χ3n) is 1.06. The molecule has 0 aliphatic rings. The van der Waals surface area contributed by atoms with E-state index in [0.717, 1.165) is 0 Å². The fraction of sp³-hybridized carbons (Fsp3) is 0.400. The maximum Gasteiger partial charge on any atom is 0.260 e. The second-order valence-electron chi connectivity index (χ2n) is 2.12. The van der Waals surface area contributed by atoms with Gasteiger partial charge in [-0.3, -0.25) is 10.1 Å². The first-order chi connectivity index (χ1) is 5.68. The van der Waals surface area contributed by atoms with Gasteiger partial charge in [-0.15, -0.1) is 0 Å². The minimum Gasteiger partial charge on any atom is -0.369 e. The topological polar surface area (TPSA) is 120 Å². The molecular weight excluding hydrogens is 162 g/mol. The van der Waals surface area contributed by atoms with Gasteiger partial charge in [0.15, 0.2) is 0 Å². The molecule has 0 atom stereocenters. The van der Waals surface area contributed by atoms with Gasteiger partial charge in [-0.2, -0.15) is 4.98 Å². The van der Waals surface area contributed by atoms with E-state index in [0.29, 0.717) is 5.89 Å². The molecule has 1 aromatic rings. The number of nitrogens with zero attached hydrogens (tertiary/aromatic N) is 2. The van der Waals surface area contributed by atoms with Gasteiger partial charge in [0.1, 0.15) is 0 Å². The third kappa shape index (κ3) is 2.54. The first-order valence-electron chi connectivity index (χ1n) is 3.25. The van der Waals surface area contributed by atoms with Crippen LogP contribution in [0.15, 0.2) is 4.52 Å². The lowest BCUT2D eigenvalue weighted by atomic mass is 10.5. The van der Waals surface area contributed by atoms with Crippen LogP contribution in [0.1, 0.15) is 5.89 Å². The number of hydrogen-bond donors (Lipinski definition) is 3. The molecular formula is C5H9N5O2. The first kappa shape index (κ1) is 8.47. The van der Waals surface area contributed by atoms with Crippen molar-refractivity contribution in [2.24, 2.45) is 5.73 Å². The fourth-order valence-corrected chi connectivity index (χ4v) is 0.632. The summed E-state index contributed by atoms with van der Waals surface area (Å²) in [6.07, 6.45) is 0. The zero-order chi connectivity index (χ0) is 8.97. The summed E-state index contributed by atoms with van der Waals surface area (Å²) in [7, 11) is 0. The molecule has 66 valence electrons. The molecule has 1 aromatic heterocycles. The summed E-state index contributed by atoms with van der Waals surface area (Å²) in [5.74, 6) is -0.0397. The lowest BCUT2D eigenvalue weighted by molar-refractivity contribution is -0.117. The van der Waals surface area contributed by atoms with Crippen LogP contribution in [-0.4, -0.2) is 22.6 Å². The Balaban J connectivity index is 2.29. The Hall–Kier alpha value is -1.63. The van der Waals surface area contributed by atoms with Crippen LogP contribution in [-0.2, 0) is 11.3 Å². The van der Waals surface area contributed by atoms with Gasteiger partial charge >= 0.3 is 0 Å². The van der Waals surface area contributed by atoms with Crippen LogP contribution in [0.5, 0.6) is 0 Å². The predicted octanol–water partition coefficient (Wildman–Crippen LogP) is -1.77. The number of nitrogens with one attached hydrogen (secondary N) is 1. The van der Waals surface area contributed by atoms with E-state index in [1.54, 1.807) is 0 Å². The van der Waals surface area contributed by atoms with Crippen LogP contribution < -0.4 is 16.8 Å². The molecule has 0 aliphatic heterocycles. The highest BCUT2D eigenvalue weighted by atomic mass is 16.5. The summed E-state index contributed by atoms with van der Waals surface area (Å²) in [6.45, 7) is 0.357. The maximum absolute atomic E-state index is 10.3. The van der Waals surface area contributed by atoms with E-state index in [4.69, 9.17) is 11.5 Å². The SMILES string of the molecule is NC(=O)CNCc1nc(N)no1. The molecule has 0 aromatic carbocycles. The van der Waals surface area contributed by atoms with Crippen molar-refractivity contribution in [2.75, 3.05) is 12.3 Å². The molecule has 0 saturated heterocycles. The number of primary amides is 1. The number of aromatic nitrogens is 2. The van der Waals surface area contributed by atoms with E-state index >= 15 is 0 Å². The molecule has 0 fully saturated rings. The molecule has 0 aliphatic carbocycles. The Morgan fingerprint density at radius 3 is 2.92 bits per heavy atom. The molecule has 0 unspecified atom stereocenters. The number of carbonyl (C=O) groups is 1. The number of hydrogen-bond acceptors (Lipinski definition) is 6. The standard InChI is InChI=1S/C5H9N5O2/c6-3(11)1-8-2-4-9-5(7)10-12-4/h8H,1-2H2,(H2,6,11)(H2,7,10). The third-order valence-corrected chi connectivity index (χ3v) is 1.06. The minimum atomic E-state index is -0.442. The summed E-state index contributed by atoms with van der Waals surface area (Å²) in [6, 6.07) is 0. The Morgan fingerprint density at radius 1 is 1.67 bits per heavy atom. The second kappa shape index (κ2) is 3.67. The number of amides is 1. The van der Waals surface area contributed by atoms with Gasteiger partial charge in [-0.1, -0.05) is 0 Å². The van der Waals surface area contributed by atoms with Gasteiger partial charge < -0.3 is 16.0 Å². The van der Waals surface area contributed by atoms with Crippen LogP contribution in [0.3, 0.4) is 0 Å². The highest BCUT2D eigenvalue weighted by Gasteiger charge is 2.02. The number of nitrogens with two attached hydrogens (primary N) is 2. The van der Waals surface area contributed by atoms with Crippen molar-refractivity contribution in [1.82, 2.24) is 15.5 Å². The molecule has 0 radical (unpaired) electrons. The van der Waals surface area contributed by atoms with Gasteiger partial charge in [-0.05, 0) is 5.16 Å². The van der Waals surface area contributed by atoms with Crippen LogP contribution in [0.2, 0.25) is 0 Å². The number of nitrogen functional groups attached to an aromatic ring is 1. The summed E-state index contributed by atoms with van der Waals surface area (Å²) in [5, 5.41) is 6.04. The zero-order valence-corrected chi connectivity index (χ0v) is 6.28. The van der Waals surface area contributed by atoms with Gasteiger partial charge in [0.25, 0.3) is 5.95 Å². The van der Waals surface area contributed by atoms with E-state index in [9.17, 15) is 4.79 Å². The normalized spacial score (nSPS) is 10.0. The average Bonchev–Trinajstić information content (AvgIpc) is 2.35. The highest BCUT2D eigenvalue weighted by molar-refractivity contribution is 5.75. The van der Waals surface area contributed by atoms with Crippen LogP contribution in [0.4, 0.5) is 5.95 Å². The molecule has 1 rings (SSSR count). The van der Waals surface area contributed by atoms with Gasteiger partial charge in [-0.25, -0.2) is 0 Å². The Morgan fingerprint density at radius 2 is 2.42 bits per heavy atom. The molecule has 0 spiro atoms. The predicted molar refractivity (Wildman–Crippen MR) is 39.6 cm³/mol. The van der Waals surface area contributed by atoms with E-state index in [1.807, 2.05) is 0 Å². The highest BCUT2D eigenvalue weighted by Crippen LogP contribution is 1.95. The van der Waals surface area contributed by atoms with Crippen molar-refractivity contribution in [3.8, 4) is 0 Å². The zero-order valence-electron chi connectivity index (χ0n) is 6.28. The summed E-state index contributed by atoms with van der Waals surface area (Å²) in [4.78, 5) is 14.0. The monoisotopic (exact) mass is 171 g/mol. The van der Waals surface area contributed by atoms with Crippen molar-refractivity contribution in [3.05, 3.63) is 5.89 Å². The smallest absolute Gasteiger partial charge is 0.260 e. The van der Waals surface area contributed by atoms with E-state index in [1.165, 1.54) is 0 Å². The molecule has 0 bridgehead atoms. The Bertz CT molecular complexity index is 271. The van der Waals surface area contributed by atoms with Gasteiger partial charge in [0, 0.05) is 0 Å². The van der Waals surface area contributed by atoms with Gasteiger partial charge in [0.05, 0.1) is 13.1 Å². The molecule has 1 amide bonds. The average molecular weight is 171 g/mol. The maximum atomic E-state index is 10.3. The van der Waals surface area contributed by atoms with Crippen molar-refractivity contribution >= 4 is 11.9 Å². The molecule has 7 heteroatoms. The minimum absolute atomic E-state index is 0.0717. The summed E-state index contributed by atoms with van der Waals surface area (Å²) in [5.41, 5.74) is 10.0. The molecule has 1 heterocycles. The Labute approximate surface area is 68.1 Å². The van der Waals surface area contributed by atoms with Crippen LogP contribution >= 0.6 is 0 Å². The fourth-order valence-electron chi connectivity index (χ4n) is 0.632. The van der Waals surface area contributed by atoms with Crippen LogP contribution in [0, 0.1) is 0 Å². The lowest BCUT2D eigenvalue weighted by Crippen LogP contribution is -2.28. The summed E-state index contributed by atoms with van der Waals surface area (Å²) >= 11 is 0. The lowest BCUT2D eigenvalue weighted by Gasteiger charge is -1.94. The van der Waals surface area contributed by atoms with Crippen molar-refractivity contribution in [3.63, 3.8) is 0 Å². The first-order valence-corrected chi connectivity index (χ1v) is 3.25. The van der Waals surface area contributed by atoms with Crippen molar-refractivity contribution in [2.45, 2.75) is 6.54 Å². The van der Waals surface area contributed by atoms with Gasteiger partial charge in [0.2, 0.25) is 11.8 Å². The number of anilines is 1. The van der Waals surface area contributed by atoms with Crippen molar-refractivity contribution in [1.29, 1.82) is 0 Å². The Kier molecular flexibility index (Phi) is 2.59. The quantitative estimate of drug-likeness (QED) is 0.493. The van der Waals surface area contributed by atoms with E-state index < -0.39 is 5.91 Å². The molecule has 5 N–H and O–H groups in total. The molecule has 12 heavy (non-hydrogen) atoms. The number of carbonyl (C=O) groups excluding carboxylic acids is 1. The van der Waals surface area contributed by atoms with E-state index in [2.05, 4.69) is 20.0 Å². The largest absolute Gasteiger partial charge is 0.369 e. The van der Waals surface area contributed by atoms with Crippen molar-refractivity contribution < 1.29 is 9.32 Å². The molecule has 0 saturated carbocycles. The molecule has 7 nitrogen and oxygen atoms in total.